The Morgan fingerprint density at radius 3 is 2.42 bits per heavy atom. The molecule has 2 aromatic carbocycles. The van der Waals surface area contributed by atoms with Gasteiger partial charge in [-0.25, -0.2) is 4.39 Å². The summed E-state index contributed by atoms with van der Waals surface area (Å²) in [6.45, 7) is 0. The number of halogens is 4. The number of benzene rings is 2. The maximum atomic E-state index is 13.1. The van der Waals surface area contributed by atoms with Crippen molar-refractivity contribution in [2.45, 2.75) is 22.4 Å². The molecule has 0 spiro atoms. The summed E-state index contributed by atoms with van der Waals surface area (Å²) in [6, 6.07) is 8.07. The molecule has 19 heavy (non-hydrogen) atoms. The second-order valence-corrected chi connectivity index (χ2v) is 5.43. The van der Waals surface area contributed by atoms with E-state index >= 15 is 0 Å². The first-order valence-corrected chi connectivity index (χ1v) is 6.41. The quantitative estimate of drug-likeness (QED) is 0.529. The van der Waals surface area contributed by atoms with Crippen molar-refractivity contribution in [3.05, 3.63) is 58.9 Å². The molecule has 0 aliphatic carbocycles. The van der Waals surface area contributed by atoms with Gasteiger partial charge in [-0.2, -0.15) is 13.2 Å². The van der Waals surface area contributed by atoms with Crippen molar-refractivity contribution >= 4 is 11.8 Å². The van der Waals surface area contributed by atoms with Crippen molar-refractivity contribution in [3.8, 4) is 0 Å². The van der Waals surface area contributed by atoms with Crippen LogP contribution in [0.4, 0.5) is 17.6 Å². The van der Waals surface area contributed by atoms with Gasteiger partial charge in [0.1, 0.15) is 5.82 Å². The topological polar surface area (TPSA) is 0 Å². The number of hydrogen-bond donors (Lipinski definition) is 0. The highest BCUT2D eigenvalue weighted by atomic mass is 32.2. The molecule has 3 rings (SSSR count). The summed E-state index contributed by atoms with van der Waals surface area (Å²) >= 11 is 1.31. The van der Waals surface area contributed by atoms with E-state index in [0.717, 1.165) is 21.4 Å². The molecule has 0 saturated heterocycles. The lowest BCUT2D eigenvalue weighted by Crippen LogP contribution is -2.08. The van der Waals surface area contributed by atoms with Crippen molar-refractivity contribution in [2.24, 2.45) is 0 Å². The molecule has 1 aliphatic heterocycles. The smallest absolute Gasteiger partial charge is 0.207 e. The van der Waals surface area contributed by atoms with Crippen molar-refractivity contribution in [1.82, 2.24) is 0 Å². The Morgan fingerprint density at radius 1 is 0.895 bits per heavy atom. The molecule has 0 radical (unpaired) electrons. The Balaban J connectivity index is 2.03. The average Bonchev–Trinajstić information content (AvgIpc) is 2.34. The van der Waals surface area contributed by atoms with Gasteiger partial charge in [-0.05, 0) is 47.9 Å². The SMILES string of the molecule is Fc1ccc2c(c1)Sc1ccc(C(F)(F)F)cc1C2. The predicted octanol–water partition coefficient (Wildman–Crippen LogP) is 4.90. The predicted molar refractivity (Wildman–Crippen MR) is 64.8 cm³/mol. The second-order valence-electron chi connectivity index (χ2n) is 4.35. The lowest BCUT2D eigenvalue weighted by atomic mass is 10.0. The zero-order chi connectivity index (χ0) is 13.6. The van der Waals surface area contributed by atoms with Crippen LogP contribution < -0.4 is 0 Å². The minimum absolute atomic E-state index is 0.332. The van der Waals surface area contributed by atoms with E-state index in [-0.39, 0.29) is 5.82 Å². The van der Waals surface area contributed by atoms with Crippen LogP contribution in [0.3, 0.4) is 0 Å². The normalized spacial score (nSPS) is 13.9. The molecule has 0 atom stereocenters. The van der Waals surface area contributed by atoms with Gasteiger partial charge >= 0.3 is 6.18 Å². The van der Waals surface area contributed by atoms with E-state index < -0.39 is 11.7 Å². The Hall–Kier alpha value is -1.49. The first kappa shape index (κ1) is 12.5. The Morgan fingerprint density at radius 2 is 1.68 bits per heavy atom. The minimum Gasteiger partial charge on any atom is -0.207 e. The van der Waals surface area contributed by atoms with Crippen molar-refractivity contribution < 1.29 is 17.6 Å². The largest absolute Gasteiger partial charge is 0.416 e. The van der Waals surface area contributed by atoms with Crippen LogP contribution in [-0.2, 0) is 12.6 Å². The third-order valence-corrected chi connectivity index (χ3v) is 4.24. The summed E-state index contributed by atoms with van der Waals surface area (Å²) in [5.41, 5.74) is 0.856. The minimum atomic E-state index is -4.33. The summed E-state index contributed by atoms with van der Waals surface area (Å²) in [5, 5.41) is 0. The van der Waals surface area contributed by atoms with Gasteiger partial charge in [-0.1, -0.05) is 17.8 Å². The number of alkyl halides is 3. The molecule has 0 aromatic heterocycles. The van der Waals surface area contributed by atoms with E-state index in [1.807, 2.05) is 0 Å². The van der Waals surface area contributed by atoms with Crippen LogP contribution in [0.5, 0.6) is 0 Å². The highest BCUT2D eigenvalue weighted by molar-refractivity contribution is 7.99. The van der Waals surface area contributed by atoms with Crippen LogP contribution in [-0.4, -0.2) is 0 Å². The lowest BCUT2D eigenvalue weighted by molar-refractivity contribution is -0.137. The molecule has 0 unspecified atom stereocenters. The van der Waals surface area contributed by atoms with Crippen LogP contribution in [0.2, 0.25) is 0 Å². The van der Waals surface area contributed by atoms with Crippen LogP contribution in [0.15, 0.2) is 46.2 Å². The molecular formula is C14H8F4S. The van der Waals surface area contributed by atoms with Crippen molar-refractivity contribution in [1.29, 1.82) is 0 Å². The maximum Gasteiger partial charge on any atom is 0.416 e. The van der Waals surface area contributed by atoms with Crippen molar-refractivity contribution in [3.63, 3.8) is 0 Å². The third kappa shape index (κ3) is 2.34. The van der Waals surface area contributed by atoms with E-state index in [4.69, 9.17) is 0 Å². The number of fused-ring (bicyclic) bond motifs is 2. The molecule has 2 aromatic rings. The summed E-state index contributed by atoms with van der Waals surface area (Å²) in [5.74, 6) is -0.332. The van der Waals surface area contributed by atoms with Gasteiger partial charge in [0.15, 0.2) is 0 Å². The van der Waals surface area contributed by atoms with Crippen LogP contribution >= 0.6 is 11.8 Å². The van der Waals surface area contributed by atoms with Gasteiger partial charge < -0.3 is 0 Å². The van der Waals surface area contributed by atoms with Gasteiger partial charge in [0.05, 0.1) is 5.56 Å². The molecule has 5 heteroatoms. The maximum absolute atomic E-state index is 13.1. The molecule has 0 N–H and O–H groups in total. The first-order valence-electron chi connectivity index (χ1n) is 5.60. The van der Waals surface area contributed by atoms with Gasteiger partial charge in [-0.3, -0.25) is 0 Å². The summed E-state index contributed by atoms with van der Waals surface area (Å²) in [7, 11) is 0. The van der Waals surface area contributed by atoms with E-state index in [1.165, 1.54) is 36.0 Å². The van der Waals surface area contributed by atoms with E-state index in [0.29, 0.717) is 12.0 Å². The Labute approximate surface area is 111 Å². The first-order chi connectivity index (χ1) is 8.93. The molecular weight excluding hydrogens is 276 g/mol. The lowest BCUT2D eigenvalue weighted by Gasteiger charge is -2.20. The molecule has 0 amide bonds. The molecule has 1 heterocycles. The Kier molecular flexibility index (Phi) is 2.82. The monoisotopic (exact) mass is 284 g/mol. The van der Waals surface area contributed by atoms with Gasteiger partial charge in [0, 0.05) is 9.79 Å². The standard InChI is InChI=1S/C14H8F4S/c15-11-3-1-8-5-9-6-10(14(16,17)18)2-4-12(9)19-13(8)7-11/h1-4,6-7H,5H2. The summed E-state index contributed by atoms with van der Waals surface area (Å²) in [4.78, 5) is 1.53. The number of hydrogen-bond acceptors (Lipinski definition) is 1. The van der Waals surface area contributed by atoms with Gasteiger partial charge in [-0.15, -0.1) is 0 Å². The van der Waals surface area contributed by atoms with E-state index in [2.05, 4.69) is 0 Å². The van der Waals surface area contributed by atoms with Crippen LogP contribution in [0.25, 0.3) is 0 Å². The number of rotatable bonds is 0. The van der Waals surface area contributed by atoms with Crippen LogP contribution in [0.1, 0.15) is 16.7 Å². The summed E-state index contributed by atoms with van der Waals surface area (Å²) < 4.78 is 51.1. The average molecular weight is 284 g/mol. The fraction of sp³-hybridized carbons (Fsp3) is 0.143. The zero-order valence-electron chi connectivity index (χ0n) is 9.59. The summed E-state index contributed by atoms with van der Waals surface area (Å²) in [6.07, 6.45) is -3.93. The molecule has 0 fully saturated rings. The molecule has 0 bridgehead atoms. The Bertz CT molecular complexity index is 646. The highest BCUT2D eigenvalue weighted by Gasteiger charge is 2.31. The van der Waals surface area contributed by atoms with Crippen LogP contribution in [0, 0.1) is 5.82 Å². The van der Waals surface area contributed by atoms with E-state index in [1.54, 1.807) is 6.07 Å². The molecule has 0 saturated carbocycles. The van der Waals surface area contributed by atoms with Gasteiger partial charge in [0.2, 0.25) is 0 Å². The zero-order valence-corrected chi connectivity index (χ0v) is 10.4. The molecule has 1 aliphatic rings. The molecule has 0 nitrogen and oxygen atoms in total. The van der Waals surface area contributed by atoms with Crippen molar-refractivity contribution in [2.75, 3.05) is 0 Å². The second kappa shape index (κ2) is 4.27. The van der Waals surface area contributed by atoms with E-state index in [9.17, 15) is 17.6 Å². The van der Waals surface area contributed by atoms with Gasteiger partial charge in [0.25, 0.3) is 0 Å². The molecule has 98 valence electrons. The fourth-order valence-corrected chi connectivity index (χ4v) is 3.16. The fourth-order valence-electron chi connectivity index (χ4n) is 2.09. The third-order valence-electron chi connectivity index (χ3n) is 3.02. The highest BCUT2D eigenvalue weighted by Crippen LogP contribution is 2.41.